The summed E-state index contributed by atoms with van der Waals surface area (Å²) in [5.41, 5.74) is 14.5. The number of para-hydroxylation sites is 1. The maximum absolute atomic E-state index is 6.50. The highest BCUT2D eigenvalue weighted by Crippen LogP contribution is 2.44. The third-order valence-electron chi connectivity index (χ3n) is 11.5. The normalized spacial score (nSPS) is 11.4. The van der Waals surface area contributed by atoms with E-state index in [-0.39, 0.29) is 0 Å². The van der Waals surface area contributed by atoms with Crippen LogP contribution in [0.1, 0.15) is 0 Å². The number of hydrogen-bond acceptors (Lipinski definition) is 2. The molecule has 11 rings (SSSR count). The van der Waals surface area contributed by atoms with E-state index in [2.05, 4.69) is 223 Å². The van der Waals surface area contributed by atoms with E-state index < -0.39 is 0 Å². The van der Waals surface area contributed by atoms with E-state index in [0.29, 0.717) is 0 Å². The quantitative estimate of drug-likeness (QED) is 0.151. The van der Waals surface area contributed by atoms with Gasteiger partial charge in [-0.05, 0) is 97.6 Å². The zero-order chi connectivity index (χ0) is 38.4. The number of anilines is 3. The van der Waals surface area contributed by atoms with Gasteiger partial charge in [0.05, 0.1) is 5.69 Å². The van der Waals surface area contributed by atoms with E-state index in [4.69, 9.17) is 4.42 Å². The van der Waals surface area contributed by atoms with Gasteiger partial charge in [-0.25, -0.2) is 0 Å². The largest absolute Gasteiger partial charge is 0.455 e. The standard InChI is InChI=1S/C56H37NO/c1-3-14-39(15-4-1)46-19-9-10-20-47(46)41-28-33-45(34-29-41)57(54-37-43-18-7-8-21-48(43)50-22-11-12-23-51(50)54)44-31-26-38(27-32-44)42-30-35-55-53(36-42)52-25-13-24-49(56(52)58-55)40-16-5-2-6-17-40/h1-37H. The molecule has 1 heterocycles. The second-order valence-electron chi connectivity index (χ2n) is 14.9. The van der Waals surface area contributed by atoms with Crippen LogP contribution in [0, 0.1) is 0 Å². The summed E-state index contributed by atoms with van der Waals surface area (Å²) < 4.78 is 6.50. The third kappa shape index (κ3) is 5.82. The number of furan rings is 1. The molecular formula is C56H37NO. The number of rotatable bonds is 7. The molecule has 0 N–H and O–H groups in total. The van der Waals surface area contributed by atoms with Crippen molar-refractivity contribution in [2.75, 3.05) is 4.90 Å². The van der Waals surface area contributed by atoms with Gasteiger partial charge in [0, 0.05) is 33.1 Å². The van der Waals surface area contributed by atoms with E-state index in [9.17, 15) is 0 Å². The summed E-state index contributed by atoms with van der Waals surface area (Å²) in [5, 5.41) is 7.15. The van der Waals surface area contributed by atoms with Crippen LogP contribution < -0.4 is 4.90 Å². The molecule has 0 saturated carbocycles. The van der Waals surface area contributed by atoms with Crippen molar-refractivity contribution in [1.29, 1.82) is 0 Å². The van der Waals surface area contributed by atoms with Gasteiger partial charge in [0.2, 0.25) is 0 Å². The Morgan fingerprint density at radius 2 is 0.793 bits per heavy atom. The Labute approximate surface area is 337 Å². The molecule has 10 aromatic carbocycles. The van der Waals surface area contributed by atoms with Crippen molar-refractivity contribution in [3.05, 3.63) is 224 Å². The predicted octanol–water partition coefficient (Wildman–Crippen LogP) is 16.0. The van der Waals surface area contributed by atoms with E-state index in [1.165, 1.54) is 43.8 Å². The summed E-state index contributed by atoms with van der Waals surface area (Å²) in [6, 6.07) is 80.6. The molecule has 2 heteroatoms. The molecule has 0 atom stereocenters. The number of fused-ring (bicyclic) bond motifs is 6. The van der Waals surface area contributed by atoms with Crippen LogP contribution in [-0.2, 0) is 0 Å². The molecule has 0 unspecified atom stereocenters. The number of benzene rings is 10. The molecule has 2 nitrogen and oxygen atoms in total. The Morgan fingerprint density at radius 1 is 0.293 bits per heavy atom. The van der Waals surface area contributed by atoms with Crippen molar-refractivity contribution in [3.63, 3.8) is 0 Å². The van der Waals surface area contributed by atoms with Gasteiger partial charge in [-0.1, -0.05) is 182 Å². The summed E-state index contributed by atoms with van der Waals surface area (Å²) in [6.45, 7) is 0. The van der Waals surface area contributed by atoms with E-state index in [1.54, 1.807) is 0 Å². The molecule has 0 bridgehead atoms. The van der Waals surface area contributed by atoms with Gasteiger partial charge >= 0.3 is 0 Å². The van der Waals surface area contributed by atoms with E-state index in [1.807, 2.05) is 6.07 Å². The first kappa shape index (κ1) is 33.6. The maximum atomic E-state index is 6.50. The highest BCUT2D eigenvalue weighted by atomic mass is 16.3. The number of nitrogens with zero attached hydrogens (tertiary/aromatic N) is 1. The first-order valence-electron chi connectivity index (χ1n) is 19.8. The lowest BCUT2D eigenvalue weighted by atomic mass is 9.94. The molecule has 11 aromatic rings. The molecule has 1 aromatic heterocycles. The van der Waals surface area contributed by atoms with Crippen LogP contribution in [0.4, 0.5) is 17.1 Å². The zero-order valence-electron chi connectivity index (χ0n) is 31.7. The second-order valence-corrected chi connectivity index (χ2v) is 14.9. The van der Waals surface area contributed by atoms with Gasteiger partial charge < -0.3 is 9.32 Å². The summed E-state index contributed by atoms with van der Waals surface area (Å²) >= 11 is 0. The van der Waals surface area contributed by atoms with E-state index in [0.717, 1.165) is 61.3 Å². The Balaban J connectivity index is 1.02. The maximum Gasteiger partial charge on any atom is 0.143 e. The molecule has 272 valence electrons. The van der Waals surface area contributed by atoms with Crippen molar-refractivity contribution in [1.82, 2.24) is 0 Å². The van der Waals surface area contributed by atoms with Crippen LogP contribution in [0.15, 0.2) is 229 Å². The highest BCUT2D eigenvalue weighted by molar-refractivity contribution is 6.15. The van der Waals surface area contributed by atoms with Crippen molar-refractivity contribution < 1.29 is 4.42 Å². The summed E-state index contributed by atoms with van der Waals surface area (Å²) in [6.07, 6.45) is 0. The Bertz CT molecular complexity index is 3250. The lowest BCUT2D eigenvalue weighted by Crippen LogP contribution is -2.10. The molecule has 0 amide bonds. The Hall–Kier alpha value is -7.68. The molecule has 0 spiro atoms. The average Bonchev–Trinajstić information content (AvgIpc) is 3.68. The van der Waals surface area contributed by atoms with Crippen LogP contribution in [0.2, 0.25) is 0 Å². The van der Waals surface area contributed by atoms with Crippen molar-refractivity contribution >= 4 is 60.5 Å². The second kappa shape index (κ2) is 14.1. The first-order valence-corrected chi connectivity index (χ1v) is 19.8. The molecule has 0 aliphatic rings. The van der Waals surface area contributed by atoms with Crippen LogP contribution >= 0.6 is 0 Å². The number of hydrogen-bond donors (Lipinski definition) is 0. The lowest BCUT2D eigenvalue weighted by Gasteiger charge is -2.28. The van der Waals surface area contributed by atoms with Crippen molar-refractivity contribution in [3.8, 4) is 44.5 Å². The fraction of sp³-hybridized carbons (Fsp3) is 0. The zero-order valence-corrected chi connectivity index (χ0v) is 31.7. The van der Waals surface area contributed by atoms with Crippen LogP contribution in [-0.4, -0.2) is 0 Å². The Morgan fingerprint density at radius 3 is 1.48 bits per heavy atom. The molecule has 0 radical (unpaired) electrons. The molecular weight excluding hydrogens is 703 g/mol. The predicted molar refractivity (Wildman–Crippen MR) is 245 cm³/mol. The summed E-state index contributed by atoms with van der Waals surface area (Å²) in [5.74, 6) is 0. The monoisotopic (exact) mass is 739 g/mol. The average molecular weight is 740 g/mol. The topological polar surface area (TPSA) is 16.4 Å². The highest BCUT2D eigenvalue weighted by Gasteiger charge is 2.19. The van der Waals surface area contributed by atoms with Gasteiger partial charge in [-0.3, -0.25) is 0 Å². The minimum atomic E-state index is 0.892. The van der Waals surface area contributed by atoms with Crippen molar-refractivity contribution in [2.24, 2.45) is 0 Å². The van der Waals surface area contributed by atoms with Gasteiger partial charge in [0.15, 0.2) is 0 Å². The Kier molecular flexibility index (Phi) is 8.19. The van der Waals surface area contributed by atoms with Crippen molar-refractivity contribution in [2.45, 2.75) is 0 Å². The van der Waals surface area contributed by atoms with Gasteiger partial charge in [-0.15, -0.1) is 0 Å². The minimum absolute atomic E-state index is 0.892. The SMILES string of the molecule is c1ccc(-c2ccccc2-c2ccc(N(c3ccc(-c4ccc5oc6c(-c7ccccc7)cccc6c5c4)cc3)c3cc4ccccc4c4ccccc34)cc2)cc1. The fourth-order valence-electron chi connectivity index (χ4n) is 8.67. The molecule has 0 aliphatic heterocycles. The smallest absolute Gasteiger partial charge is 0.143 e. The summed E-state index contributed by atoms with van der Waals surface area (Å²) in [7, 11) is 0. The molecule has 0 fully saturated rings. The first-order chi connectivity index (χ1) is 28.8. The van der Waals surface area contributed by atoms with Gasteiger partial charge in [-0.2, -0.15) is 0 Å². The summed E-state index contributed by atoms with van der Waals surface area (Å²) in [4.78, 5) is 2.41. The third-order valence-corrected chi connectivity index (χ3v) is 11.5. The minimum Gasteiger partial charge on any atom is -0.455 e. The van der Waals surface area contributed by atoms with Gasteiger partial charge in [0.25, 0.3) is 0 Å². The van der Waals surface area contributed by atoms with Gasteiger partial charge in [0.1, 0.15) is 11.2 Å². The fourth-order valence-corrected chi connectivity index (χ4v) is 8.67. The van der Waals surface area contributed by atoms with Crippen LogP contribution in [0.25, 0.3) is 88.0 Å². The van der Waals surface area contributed by atoms with Crippen LogP contribution in [0.3, 0.4) is 0 Å². The molecule has 0 aliphatic carbocycles. The van der Waals surface area contributed by atoms with E-state index >= 15 is 0 Å². The molecule has 0 saturated heterocycles. The molecule has 58 heavy (non-hydrogen) atoms. The lowest BCUT2D eigenvalue weighted by molar-refractivity contribution is 0.670. The van der Waals surface area contributed by atoms with Crippen LogP contribution in [0.5, 0.6) is 0 Å².